The standard InChI is InChI=1S/C19H15N3O3S2/c1-13-18-11-17(12-20-19(18)25-21-13)27(23,24)22-14-6-5-9-16(10-14)26-15-7-3-2-4-8-15/h2-12,22H,1H3. The molecular weight excluding hydrogens is 382 g/mol. The summed E-state index contributed by atoms with van der Waals surface area (Å²) in [5.74, 6) is 0. The summed E-state index contributed by atoms with van der Waals surface area (Å²) in [5, 5.41) is 4.37. The topological polar surface area (TPSA) is 85.1 Å². The number of aromatic nitrogens is 2. The zero-order valence-electron chi connectivity index (χ0n) is 14.3. The third-order valence-corrected chi connectivity index (χ3v) is 6.21. The normalized spacial score (nSPS) is 11.6. The Morgan fingerprint density at radius 2 is 1.78 bits per heavy atom. The van der Waals surface area contributed by atoms with E-state index in [4.69, 9.17) is 4.52 Å². The van der Waals surface area contributed by atoms with Crippen molar-refractivity contribution in [3.8, 4) is 0 Å². The molecule has 1 N–H and O–H groups in total. The van der Waals surface area contributed by atoms with E-state index in [1.165, 1.54) is 12.3 Å². The first-order chi connectivity index (χ1) is 13.0. The number of nitrogens with one attached hydrogen (secondary N) is 1. The van der Waals surface area contributed by atoms with Crippen LogP contribution in [0.2, 0.25) is 0 Å². The van der Waals surface area contributed by atoms with Crippen LogP contribution in [0.15, 0.2) is 86.1 Å². The molecule has 2 heterocycles. The van der Waals surface area contributed by atoms with Gasteiger partial charge in [0.15, 0.2) is 0 Å². The second-order valence-electron chi connectivity index (χ2n) is 5.84. The van der Waals surface area contributed by atoms with E-state index in [2.05, 4.69) is 14.9 Å². The molecule has 136 valence electrons. The van der Waals surface area contributed by atoms with Gasteiger partial charge in [-0.1, -0.05) is 41.2 Å². The number of nitrogens with zero attached hydrogens (tertiary/aromatic N) is 2. The lowest BCUT2D eigenvalue weighted by molar-refractivity contribution is 0.442. The third kappa shape index (κ3) is 3.81. The zero-order valence-corrected chi connectivity index (χ0v) is 15.9. The van der Waals surface area contributed by atoms with Crippen molar-refractivity contribution in [2.45, 2.75) is 21.6 Å². The van der Waals surface area contributed by atoms with Crippen LogP contribution in [0.3, 0.4) is 0 Å². The number of benzene rings is 2. The van der Waals surface area contributed by atoms with Gasteiger partial charge in [-0.2, -0.15) is 0 Å². The number of hydrogen-bond acceptors (Lipinski definition) is 6. The van der Waals surface area contributed by atoms with Gasteiger partial charge < -0.3 is 4.52 Å². The van der Waals surface area contributed by atoms with Crippen LogP contribution in [0.4, 0.5) is 5.69 Å². The fourth-order valence-corrected chi connectivity index (χ4v) is 4.45. The Hall–Kier alpha value is -2.84. The van der Waals surface area contributed by atoms with Crippen molar-refractivity contribution in [3.05, 3.63) is 72.6 Å². The number of anilines is 1. The highest BCUT2D eigenvalue weighted by molar-refractivity contribution is 7.99. The fourth-order valence-electron chi connectivity index (χ4n) is 2.53. The SMILES string of the molecule is Cc1noc2ncc(S(=O)(=O)Nc3cccc(Sc4ccccc4)c3)cc12. The van der Waals surface area contributed by atoms with Crippen molar-refractivity contribution >= 4 is 38.6 Å². The lowest BCUT2D eigenvalue weighted by Crippen LogP contribution is -2.13. The van der Waals surface area contributed by atoms with Gasteiger partial charge in [0, 0.05) is 15.5 Å². The van der Waals surface area contributed by atoms with Crippen molar-refractivity contribution in [3.63, 3.8) is 0 Å². The van der Waals surface area contributed by atoms with Gasteiger partial charge in [-0.3, -0.25) is 4.72 Å². The number of hydrogen-bond donors (Lipinski definition) is 1. The molecule has 27 heavy (non-hydrogen) atoms. The molecular formula is C19H15N3O3S2. The van der Waals surface area contributed by atoms with Crippen LogP contribution in [0.25, 0.3) is 11.1 Å². The largest absolute Gasteiger partial charge is 0.336 e. The Morgan fingerprint density at radius 3 is 2.59 bits per heavy atom. The molecule has 0 aliphatic heterocycles. The molecule has 8 heteroatoms. The van der Waals surface area contributed by atoms with Gasteiger partial charge in [-0.05, 0) is 43.3 Å². The van der Waals surface area contributed by atoms with Crippen LogP contribution < -0.4 is 4.72 Å². The number of pyridine rings is 1. The van der Waals surface area contributed by atoms with Crippen molar-refractivity contribution in [2.75, 3.05) is 4.72 Å². The second kappa shape index (κ2) is 7.05. The smallest absolute Gasteiger partial charge is 0.263 e. The van der Waals surface area contributed by atoms with E-state index >= 15 is 0 Å². The molecule has 0 spiro atoms. The predicted molar refractivity (Wildman–Crippen MR) is 104 cm³/mol. The molecule has 0 saturated heterocycles. The molecule has 2 aromatic carbocycles. The molecule has 0 atom stereocenters. The van der Waals surface area contributed by atoms with Gasteiger partial charge >= 0.3 is 0 Å². The third-order valence-electron chi connectivity index (χ3n) is 3.86. The number of fused-ring (bicyclic) bond motifs is 1. The Kier molecular flexibility index (Phi) is 4.59. The van der Waals surface area contributed by atoms with Crippen molar-refractivity contribution in [2.24, 2.45) is 0 Å². The molecule has 2 aromatic heterocycles. The summed E-state index contributed by atoms with van der Waals surface area (Å²) in [5.41, 5.74) is 1.39. The molecule has 0 aliphatic carbocycles. The summed E-state index contributed by atoms with van der Waals surface area (Å²) >= 11 is 1.56. The number of sulfonamides is 1. The van der Waals surface area contributed by atoms with Crippen LogP contribution in [0.1, 0.15) is 5.69 Å². The van der Waals surface area contributed by atoms with E-state index in [0.29, 0.717) is 22.5 Å². The number of aryl methyl sites for hydroxylation is 1. The maximum atomic E-state index is 12.7. The van der Waals surface area contributed by atoms with Gasteiger partial charge in [0.25, 0.3) is 15.7 Å². The molecule has 0 saturated carbocycles. The molecule has 6 nitrogen and oxygen atoms in total. The minimum Gasteiger partial charge on any atom is -0.336 e. The molecule has 0 unspecified atom stereocenters. The molecule has 4 rings (SSSR count). The molecule has 0 fully saturated rings. The fraction of sp³-hybridized carbons (Fsp3) is 0.0526. The summed E-state index contributed by atoms with van der Waals surface area (Å²) in [4.78, 5) is 6.10. The van der Waals surface area contributed by atoms with Crippen LogP contribution in [-0.4, -0.2) is 18.6 Å². The highest BCUT2D eigenvalue weighted by Gasteiger charge is 2.18. The maximum Gasteiger partial charge on any atom is 0.263 e. The lowest BCUT2D eigenvalue weighted by atomic mass is 10.3. The summed E-state index contributed by atoms with van der Waals surface area (Å²) in [6.45, 7) is 1.74. The second-order valence-corrected chi connectivity index (χ2v) is 8.67. The summed E-state index contributed by atoms with van der Waals surface area (Å²) in [6, 6.07) is 18.7. The van der Waals surface area contributed by atoms with Gasteiger partial charge in [0.05, 0.1) is 17.3 Å². The molecule has 0 amide bonds. The summed E-state index contributed by atoms with van der Waals surface area (Å²) in [7, 11) is -3.78. The molecule has 0 aliphatic rings. The van der Waals surface area contributed by atoms with Crippen LogP contribution in [0, 0.1) is 6.92 Å². The first-order valence-electron chi connectivity index (χ1n) is 8.09. The first-order valence-corrected chi connectivity index (χ1v) is 10.4. The summed E-state index contributed by atoms with van der Waals surface area (Å²) in [6.07, 6.45) is 1.26. The maximum absolute atomic E-state index is 12.7. The van der Waals surface area contributed by atoms with E-state index in [-0.39, 0.29) is 4.90 Å². The van der Waals surface area contributed by atoms with Gasteiger partial charge in [-0.15, -0.1) is 0 Å². The monoisotopic (exact) mass is 397 g/mol. The minimum absolute atomic E-state index is 0.0578. The quantitative estimate of drug-likeness (QED) is 0.534. The van der Waals surface area contributed by atoms with E-state index in [1.807, 2.05) is 42.5 Å². The summed E-state index contributed by atoms with van der Waals surface area (Å²) < 4.78 is 33.1. The van der Waals surface area contributed by atoms with Gasteiger partial charge in [0.1, 0.15) is 4.90 Å². The molecule has 0 radical (unpaired) electrons. The molecule has 4 aromatic rings. The van der Waals surface area contributed by atoms with Crippen molar-refractivity contribution in [1.82, 2.24) is 10.1 Å². The Balaban J connectivity index is 1.60. The Bertz CT molecular complexity index is 1210. The van der Waals surface area contributed by atoms with E-state index in [0.717, 1.165) is 9.79 Å². The first kappa shape index (κ1) is 17.6. The van der Waals surface area contributed by atoms with Gasteiger partial charge in [0.2, 0.25) is 0 Å². The van der Waals surface area contributed by atoms with E-state index in [9.17, 15) is 8.42 Å². The van der Waals surface area contributed by atoms with Crippen LogP contribution in [-0.2, 0) is 10.0 Å². The zero-order chi connectivity index (χ0) is 18.9. The van der Waals surface area contributed by atoms with Crippen LogP contribution >= 0.6 is 11.8 Å². The Morgan fingerprint density at radius 1 is 1.00 bits per heavy atom. The minimum atomic E-state index is -3.78. The van der Waals surface area contributed by atoms with E-state index < -0.39 is 10.0 Å². The average molecular weight is 397 g/mol. The van der Waals surface area contributed by atoms with E-state index in [1.54, 1.807) is 30.8 Å². The average Bonchev–Trinajstić information content (AvgIpc) is 3.03. The molecule has 0 bridgehead atoms. The highest BCUT2D eigenvalue weighted by Crippen LogP contribution is 2.30. The predicted octanol–water partition coefficient (Wildman–Crippen LogP) is 4.48. The highest BCUT2D eigenvalue weighted by atomic mass is 32.2. The van der Waals surface area contributed by atoms with Crippen LogP contribution in [0.5, 0.6) is 0 Å². The Labute approximate surface area is 160 Å². The lowest BCUT2D eigenvalue weighted by Gasteiger charge is -2.09. The van der Waals surface area contributed by atoms with Crippen molar-refractivity contribution < 1.29 is 12.9 Å². The number of rotatable bonds is 5. The van der Waals surface area contributed by atoms with Gasteiger partial charge in [-0.25, -0.2) is 13.4 Å². The van der Waals surface area contributed by atoms with Crippen molar-refractivity contribution in [1.29, 1.82) is 0 Å².